The summed E-state index contributed by atoms with van der Waals surface area (Å²) in [5.74, 6) is 0.928. The number of nitrogens with one attached hydrogen (secondary N) is 1. The first-order valence-corrected chi connectivity index (χ1v) is 6.99. The molecule has 2 atom stereocenters. The SMILES string of the molecule is CC[C@H]1C[C@@H](CC(=O)Nc2ccc(F)cc2)C1(C)C. The highest BCUT2D eigenvalue weighted by Crippen LogP contribution is 2.54. The fourth-order valence-corrected chi connectivity index (χ4v) is 3.13. The van der Waals surface area contributed by atoms with Gasteiger partial charge in [0.15, 0.2) is 0 Å². The number of carbonyl (C=O) groups is 1. The van der Waals surface area contributed by atoms with Crippen LogP contribution in [0.2, 0.25) is 0 Å². The van der Waals surface area contributed by atoms with E-state index in [1.54, 1.807) is 12.1 Å². The fourth-order valence-electron chi connectivity index (χ4n) is 3.13. The second-order valence-electron chi connectivity index (χ2n) is 6.12. The van der Waals surface area contributed by atoms with Gasteiger partial charge < -0.3 is 5.32 Å². The maximum absolute atomic E-state index is 12.8. The second-order valence-corrected chi connectivity index (χ2v) is 6.12. The topological polar surface area (TPSA) is 29.1 Å². The molecule has 1 aliphatic carbocycles. The minimum Gasteiger partial charge on any atom is -0.326 e. The predicted octanol–water partition coefficient (Wildman–Crippen LogP) is 4.23. The molecule has 104 valence electrons. The Morgan fingerprint density at radius 3 is 2.47 bits per heavy atom. The van der Waals surface area contributed by atoms with Crippen LogP contribution in [0, 0.1) is 23.1 Å². The molecule has 19 heavy (non-hydrogen) atoms. The van der Waals surface area contributed by atoms with Crippen LogP contribution in [0.5, 0.6) is 0 Å². The molecule has 2 nitrogen and oxygen atoms in total. The number of hydrogen-bond acceptors (Lipinski definition) is 1. The van der Waals surface area contributed by atoms with Crippen molar-refractivity contribution in [3.05, 3.63) is 30.1 Å². The monoisotopic (exact) mass is 263 g/mol. The molecule has 1 amide bonds. The Morgan fingerprint density at radius 1 is 1.32 bits per heavy atom. The summed E-state index contributed by atoms with van der Waals surface area (Å²) in [5.41, 5.74) is 0.921. The lowest BCUT2D eigenvalue weighted by molar-refractivity contribution is -0.122. The van der Waals surface area contributed by atoms with Crippen LogP contribution >= 0.6 is 0 Å². The van der Waals surface area contributed by atoms with E-state index in [4.69, 9.17) is 0 Å². The van der Waals surface area contributed by atoms with Crippen LogP contribution in [0.4, 0.5) is 10.1 Å². The molecular weight excluding hydrogens is 241 g/mol. The largest absolute Gasteiger partial charge is 0.326 e. The summed E-state index contributed by atoms with van der Waals surface area (Å²) in [6, 6.07) is 5.90. The number of hydrogen-bond donors (Lipinski definition) is 1. The van der Waals surface area contributed by atoms with Crippen LogP contribution in [0.3, 0.4) is 0 Å². The molecule has 0 bridgehead atoms. The van der Waals surface area contributed by atoms with E-state index in [9.17, 15) is 9.18 Å². The van der Waals surface area contributed by atoms with E-state index in [2.05, 4.69) is 26.1 Å². The lowest BCUT2D eigenvalue weighted by atomic mass is 9.53. The van der Waals surface area contributed by atoms with Gasteiger partial charge in [-0.05, 0) is 47.9 Å². The highest BCUT2D eigenvalue weighted by molar-refractivity contribution is 5.90. The van der Waals surface area contributed by atoms with Gasteiger partial charge in [0.2, 0.25) is 5.91 Å². The molecule has 1 N–H and O–H groups in total. The Labute approximate surface area is 114 Å². The Hall–Kier alpha value is -1.38. The van der Waals surface area contributed by atoms with E-state index in [0.717, 1.165) is 12.3 Å². The molecule has 0 saturated heterocycles. The summed E-state index contributed by atoms with van der Waals surface area (Å²) in [6.45, 7) is 6.71. The van der Waals surface area contributed by atoms with Crippen LogP contribution in [0.25, 0.3) is 0 Å². The van der Waals surface area contributed by atoms with Crippen LogP contribution in [0.1, 0.15) is 40.0 Å². The third kappa shape index (κ3) is 2.96. The Kier molecular flexibility index (Phi) is 3.93. The van der Waals surface area contributed by atoms with Crippen molar-refractivity contribution in [1.82, 2.24) is 0 Å². The van der Waals surface area contributed by atoms with E-state index < -0.39 is 0 Å². The first-order valence-electron chi connectivity index (χ1n) is 6.99. The first kappa shape index (κ1) is 14.0. The van der Waals surface area contributed by atoms with E-state index in [-0.39, 0.29) is 17.1 Å². The summed E-state index contributed by atoms with van der Waals surface area (Å²) in [5, 5.41) is 2.83. The summed E-state index contributed by atoms with van der Waals surface area (Å²) >= 11 is 0. The fraction of sp³-hybridized carbons (Fsp3) is 0.562. The van der Waals surface area contributed by atoms with Crippen LogP contribution in [-0.4, -0.2) is 5.91 Å². The predicted molar refractivity (Wildman–Crippen MR) is 75.3 cm³/mol. The Morgan fingerprint density at radius 2 is 1.95 bits per heavy atom. The quantitative estimate of drug-likeness (QED) is 0.865. The van der Waals surface area contributed by atoms with E-state index in [1.807, 2.05) is 0 Å². The molecule has 0 spiro atoms. The van der Waals surface area contributed by atoms with Gasteiger partial charge in [0.1, 0.15) is 5.82 Å². The standard InChI is InChI=1S/C16H22FNO/c1-4-11-9-12(16(11,2)3)10-15(19)18-14-7-5-13(17)6-8-14/h5-8,11-12H,4,9-10H2,1-3H3,(H,18,19)/t11-,12-/m0/s1. The number of halogens is 1. The average Bonchev–Trinajstić information content (AvgIpc) is 2.37. The van der Waals surface area contributed by atoms with E-state index in [1.165, 1.54) is 18.6 Å². The van der Waals surface area contributed by atoms with Gasteiger partial charge in [0.05, 0.1) is 0 Å². The molecule has 0 radical (unpaired) electrons. The van der Waals surface area contributed by atoms with Crippen molar-refractivity contribution in [2.24, 2.45) is 17.3 Å². The van der Waals surface area contributed by atoms with Gasteiger partial charge in [-0.25, -0.2) is 4.39 Å². The number of rotatable bonds is 4. The van der Waals surface area contributed by atoms with Gasteiger partial charge in [0.25, 0.3) is 0 Å². The van der Waals surface area contributed by atoms with Crippen molar-refractivity contribution in [1.29, 1.82) is 0 Å². The molecule has 1 saturated carbocycles. The molecule has 3 heteroatoms. The third-order valence-corrected chi connectivity index (χ3v) is 4.73. The summed E-state index contributed by atoms with van der Waals surface area (Å²) in [6.07, 6.45) is 2.88. The summed E-state index contributed by atoms with van der Waals surface area (Å²) < 4.78 is 12.8. The average molecular weight is 263 g/mol. The van der Waals surface area contributed by atoms with Gasteiger partial charge in [0, 0.05) is 12.1 Å². The number of carbonyl (C=O) groups excluding carboxylic acids is 1. The summed E-state index contributed by atoms with van der Waals surface area (Å²) in [7, 11) is 0. The molecule has 1 fully saturated rings. The maximum Gasteiger partial charge on any atom is 0.224 e. The molecular formula is C16H22FNO. The van der Waals surface area contributed by atoms with Crippen molar-refractivity contribution in [2.75, 3.05) is 5.32 Å². The number of anilines is 1. The first-order chi connectivity index (χ1) is 8.93. The molecule has 0 aromatic heterocycles. The zero-order valence-corrected chi connectivity index (χ0v) is 11.9. The lowest BCUT2D eigenvalue weighted by Gasteiger charge is -2.52. The zero-order chi connectivity index (χ0) is 14.0. The molecule has 1 aromatic rings. The van der Waals surface area contributed by atoms with E-state index >= 15 is 0 Å². The van der Waals surface area contributed by atoms with Crippen LogP contribution in [-0.2, 0) is 4.79 Å². The molecule has 1 aliphatic rings. The van der Waals surface area contributed by atoms with Crippen molar-refractivity contribution in [3.8, 4) is 0 Å². The van der Waals surface area contributed by atoms with E-state index in [0.29, 0.717) is 18.0 Å². The van der Waals surface area contributed by atoms with Gasteiger partial charge in [-0.15, -0.1) is 0 Å². The number of amides is 1. The second kappa shape index (κ2) is 5.32. The minimum absolute atomic E-state index is 0.0271. The van der Waals surface area contributed by atoms with Crippen molar-refractivity contribution in [2.45, 2.75) is 40.0 Å². The molecule has 0 unspecified atom stereocenters. The van der Waals surface area contributed by atoms with Gasteiger partial charge in [-0.3, -0.25) is 4.79 Å². The molecule has 1 aromatic carbocycles. The molecule has 0 heterocycles. The number of benzene rings is 1. The minimum atomic E-state index is -0.288. The maximum atomic E-state index is 12.8. The third-order valence-electron chi connectivity index (χ3n) is 4.73. The van der Waals surface area contributed by atoms with Crippen LogP contribution < -0.4 is 5.32 Å². The molecule has 0 aliphatic heterocycles. The lowest BCUT2D eigenvalue weighted by Crippen LogP contribution is -2.45. The molecule has 2 rings (SSSR count). The Balaban J connectivity index is 1.87. The smallest absolute Gasteiger partial charge is 0.224 e. The Bertz CT molecular complexity index is 452. The highest BCUT2D eigenvalue weighted by atomic mass is 19.1. The summed E-state index contributed by atoms with van der Waals surface area (Å²) in [4.78, 5) is 12.0. The van der Waals surface area contributed by atoms with Gasteiger partial charge in [-0.2, -0.15) is 0 Å². The van der Waals surface area contributed by atoms with Gasteiger partial charge >= 0.3 is 0 Å². The van der Waals surface area contributed by atoms with Crippen molar-refractivity contribution in [3.63, 3.8) is 0 Å². The van der Waals surface area contributed by atoms with Crippen LogP contribution in [0.15, 0.2) is 24.3 Å². The van der Waals surface area contributed by atoms with Gasteiger partial charge in [-0.1, -0.05) is 27.2 Å². The van der Waals surface area contributed by atoms with Crippen molar-refractivity contribution >= 4 is 11.6 Å². The van der Waals surface area contributed by atoms with Crippen molar-refractivity contribution < 1.29 is 9.18 Å². The zero-order valence-electron chi connectivity index (χ0n) is 11.9. The normalized spacial score (nSPS) is 24.6. The highest BCUT2D eigenvalue weighted by Gasteiger charge is 2.47.